The zero-order valence-corrected chi connectivity index (χ0v) is 19.8. The monoisotopic (exact) mass is 473 g/mol. The first-order valence-corrected chi connectivity index (χ1v) is 13.1. The van der Waals surface area contributed by atoms with E-state index < -0.39 is 21.2 Å². The number of piperidine rings is 1. The van der Waals surface area contributed by atoms with Crippen molar-refractivity contribution >= 4 is 45.0 Å². The number of aryl methyl sites for hydroxylation is 1. The molecule has 0 radical (unpaired) electrons. The summed E-state index contributed by atoms with van der Waals surface area (Å²) in [4.78, 5) is 28.1. The first kappa shape index (κ1) is 22.7. The molecule has 1 fully saturated rings. The predicted octanol–water partition coefficient (Wildman–Crippen LogP) is 3.72. The van der Waals surface area contributed by atoms with Gasteiger partial charge in [-0.25, -0.2) is 8.42 Å². The molecule has 2 N–H and O–H groups in total. The van der Waals surface area contributed by atoms with Crippen LogP contribution in [0.15, 0.2) is 52.3 Å². The van der Waals surface area contributed by atoms with Crippen molar-refractivity contribution in [2.45, 2.75) is 48.2 Å². The Morgan fingerprint density at radius 3 is 2.50 bits per heavy atom. The Balaban J connectivity index is 1.50. The number of benzene rings is 2. The van der Waals surface area contributed by atoms with Gasteiger partial charge in [0.25, 0.3) is 10.0 Å². The number of fused-ring (bicyclic) bond motifs is 1. The van der Waals surface area contributed by atoms with Gasteiger partial charge in [-0.2, -0.15) is 0 Å². The van der Waals surface area contributed by atoms with Crippen LogP contribution in [0.1, 0.15) is 32.3 Å². The van der Waals surface area contributed by atoms with Gasteiger partial charge in [0.2, 0.25) is 11.8 Å². The van der Waals surface area contributed by atoms with Crippen molar-refractivity contribution in [3.63, 3.8) is 0 Å². The zero-order chi connectivity index (χ0) is 22.9. The molecule has 0 spiro atoms. The highest BCUT2D eigenvalue weighted by molar-refractivity contribution is 8.01. The highest BCUT2D eigenvalue weighted by atomic mass is 32.2. The van der Waals surface area contributed by atoms with Gasteiger partial charge in [0, 0.05) is 23.7 Å². The summed E-state index contributed by atoms with van der Waals surface area (Å²) in [6.45, 7) is 5.53. The van der Waals surface area contributed by atoms with Crippen LogP contribution in [-0.2, 0) is 26.0 Å². The molecule has 4 rings (SSSR count). The summed E-state index contributed by atoms with van der Waals surface area (Å²) in [5.74, 6) is -0.00565. The van der Waals surface area contributed by atoms with Gasteiger partial charge in [-0.3, -0.25) is 14.3 Å². The number of carbonyl (C=O) groups excluding carboxylic acids is 2. The highest BCUT2D eigenvalue weighted by Gasteiger charge is 2.37. The van der Waals surface area contributed by atoms with Crippen LogP contribution in [0.2, 0.25) is 0 Å². The maximum absolute atomic E-state index is 12.9. The third-order valence-electron chi connectivity index (χ3n) is 5.94. The smallest absolute Gasteiger partial charge is 0.261 e. The number of hydrogen-bond donors (Lipinski definition) is 2. The lowest BCUT2D eigenvalue weighted by Crippen LogP contribution is -2.47. The molecule has 2 heterocycles. The van der Waals surface area contributed by atoms with E-state index in [1.54, 1.807) is 23.1 Å². The molecular weight excluding hydrogens is 446 g/mol. The van der Waals surface area contributed by atoms with E-state index in [0.29, 0.717) is 35.3 Å². The van der Waals surface area contributed by atoms with Crippen molar-refractivity contribution in [1.82, 2.24) is 4.90 Å². The van der Waals surface area contributed by atoms with Gasteiger partial charge >= 0.3 is 0 Å². The third kappa shape index (κ3) is 4.78. The van der Waals surface area contributed by atoms with E-state index in [4.69, 9.17) is 0 Å². The zero-order valence-electron chi connectivity index (χ0n) is 18.1. The Labute approximate surface area is 193 Å². The number of carbonyl (C=O) groups is 2. The van der Waals surface area contributed by atoms with Gasteiger partial charge in [-0.1, -0.05) is 26.0 Å². The van der Waals surface area contributed by atoms with Gasteiger partial charge < -0.3 is 10.2 Å². The first-order valence-electron chi connectivity index (χ1n) is 10.8. The van der Waals surface area contributed by atoms with Crippen LogP contribution in [0.3, 0.4) is 0 Å². The summed E-state index contributed by atoms with van der Waals surface area (Å²) in [5.41, 5.74) is 1.99. The molecule has 7 nitrogen and oxygen atoms in total. The van der Waals surface area contributed by atoms with Crippen molar-refractivity contribution in [2.75, 3.05) is 23.1 Å². The standard InChI is InChI=1S/C23H27N3O4S2/c1-3-16-4-6-17(7-5-16)25-32(29,30)18-8-9-20-19(14-18)24-22(27)21(31-20)23(28)26-12-10-15(2)11-13-26/h4-9,14-15,21,25H,3,10-13H2,1-2H3,(H,24,27)/t21-/m1/s1. The maximum Gasteiger partial charge on any atom is 0.261 e. The van der Waals surface area contributed by atoms with Crippen LogP contribution in [0.5, 0.6) is 0 Å². The molecule has 1 atom stereocenters. The van der Waals surface area contributed by atoms with Gasteiger partial charge in [0.1, 0.15) is 0 Å². The minimum Gasteiger partial charge on any atom is -0.341 e. The van der Waals surface area contributed by atoms with Crippen LogP contribution in [-0.4, -0.2) is 43.5 Å². The fourth-order valence-electron chi connectivity index (χ4n) is 3.84. The Morgan fingerprint density at radius 1 is 1.16 bits per heavy atom. The van der Waals surface area contributed by atoms with Crippen molar-refractivity contribution in [3.05, 3.63) is 48.0 Å². The first-order chi connectivity index (χ1) is 15.3. The quantitative estimate of drug-likeness (QED) is 0.646. The number of anilines is 2. The minimum atomic E-state index is -3.82. The average molecular weight is 474 g/mol. The SMILES string of the molecule is CCc1ccc(NS(=O)(=O)c2ccc3c(c2)NC(=O)[C@H](C(=O)N2CCC(C)CC2)S3)cc1. The molecule has 9 heteroatoms. The maximum atomic E-state index is 12.9. The molecule has 2 aromatic rings. The van der Waals surface area contributed by atoms with E-state index in [0.717, 1.165) is 24.8 Å². The molecule has 0 bridgehead atoms. The highest BCUT2D eigenvalue weighted by Crippen LogP contribution is 2.38. The molecule has 0 unspecified atom stereocenters. The molecule has 2 aliphatic heterocycles. The lowest BCUT2D eigenvalue weighted by molar-refractivity contribution is -0.135. The summed E-state index contributed by atoms with van der Waals surface area (Å²) in [6, 6.07) is 11.8. The van der Waals surface area contributed by atoms with Crippen LogP contribution < -0.4 is 10.0 Å². The summed E-state index contributed by atoms with van der Waals surface area (Å²) >= 11 is 1.18. The van der Waals surface area contributed by atoms with Crippen LogP contribution in [0.4, 0.5) is 11.4 Å². The number of rotatable bonds is 5. The number of thioether (sulfide) groups is 1. The average Bonchev–Trinajstić information content (AvgIpc) is 2.78. The molecule has 2 aromatic carbocycles. The van der Waals surface area contributed by atoms with E-state index in [1.807, 2.05) is 19.1 Å². The molecule has 0 aliphatic carbocycles. The fraction of sp³-hybridized carbons (Fsp3) is 0.391. The van der Waals surface area contributed by atoms with E-state index >= 15 is 0 Å². The third-order valence-corrected chi connectivity index (χ3v) is 8.58. The molecule has 2 aliphatic rings. The lowest BCUT2D eigenvalue weighted by atomic mass is 9.99. The van der Waals surface area contributed by atoms with Crippen LogP contribution in [0, 0.1) is 5.92 Å². The molecule has 2 amide bonds. The fourth-order valence-corrected chi connectivity index (χ4v) is 5.97. The Bertz CT molecular complexity index is 1120. The molecule has 0 saturated carbocycles. The van der Waals surface area contributed by atoms with E-state index in [1.165, 1.54) is 23.9 Å². The van der Waals surface area contributed by atoms with E-state index in [2.05, 4.69) is 17.0 Å². The van der Waals surface area contributed by atoms with Gasteiger partial charge in [0.05, 0.1) is 10.6 Å². The second-order valence-electron chi connectivity index (χ2n) is 8.31. The number of hydrogen-bond acceptors (Lipinski definition) is 5. The number of nitrogens with one attached hydrogen (secondary N) is 2. The topological polar surface area (TPSA) is 95.6 Å². The van der Waals surface area contributed by atoms with Gasteiger partial charge in [-0.05, 0) is 61.1 Å². The Kier molecular flexibility index (Phi) is 6.48. The molecular formula is C23H27N3O4S2. The number of sulfonamides is 1. The second-order valence-corrected chi connectivity index (χ2v) is 11.1. The summed E-state index contributed by atoms with van der Waals surface area (Å²) in [6.07, 6.45) is 2.75. The van der Waals surface area contributed by atoms with Crippen molar-refractivity contribution < 1.29 is 18.0 Å². The normalized spacial score (nSPS) is 19.2. The van der Waals surface area contributed by atoms with Crippen molar-refractivity contribution in [1.29, 1.82) is 0 Å². The van der Waals surface area contributed by atoms with Crippen LogP contribution in [0.25, 0.3) is 0 Å². The Hall–Kier alpha value is -2.52. The summed E-state index contributed by atoms with van der Waals surface area (Å²) in [5, 5.41) is 1.88. The van der Waals surface area contributed by atoms with Gasteiger partial charge in [0.15, 0.2) is 5.25 Å². The molecule has 170 valence electrons. The summed E-state index contributed by atoms with van der Waals surface area (Å²) in [7, 11) is -3.82. The lowest BCUT2D eigenvalue weighted by Gasteiger charge is -2.33. The minimum absolute atomic E-state index is 0.0477. The Morgan fingerprint density at radius 2 is 1.84 bits per heavy atom. The molecule has 1 saturated heterocycles. The second kappa shape index (κ2) is 9.15. The predicted molar refractivity (Wildman–Crippen MR) is 126 cm³/mol. The number of nitrogens with zero attached hydrogens (tertiary/aromatic N) is 1. The number of amides is 2. The van der Waals surface area contributed by atoms with Crippen molar-refractivity contribution in [2.24, 2.45) is 5.92 Å². The molecule has 32 heavy (non-hydrogen) atoms. The molecule has 0 aromatic heterocycles. The summed E-state index contributed by atoms with van der Waals surface area (Å²) < 4.78 is 28.2. The van der Waals surface area contributed by atoms with Crippen LogP contribution >= 0.6 is 11.8 Å². The largest absolute Gasteiger partial charge is 0.341 e. The van der Waals surface area contributed by atoms with Crippen molar-refractivity contribution in [3.8, 4) is 0 Å². The number of likely N-dealkylation sites (tertiary alicyclic amines) is 1. The van der Waals surface area contributed by atoms with E-state index in [9.17, 15) is 18.0 Å². The van der Waals surface area contributed by atoms with Gasteiger partial charge in [-0.15, -0.1) is 11.8 Å². The van der Waals surface area contributed by atoms with E-state index in [-0.39, 0.29) is 10.8 Å².